The normalized spacial score (nSPS) is 17.0. The molecule has 110 valence electrons. The fourth-order valence-electron chi connectivity index (χ4n) is 2.61. The van der Waals surface area contributed by atoms with E-state index in [1.165, 1.54) is 11.8 Å². The summed E-state index contributed by atoms with van der Waals surface area (Å²) in [5.74, 6) is -1.37. The number of ketones is 1. The lowest BCUT2D eigenvalue weighted by atomic mass is 9.88. The van der Waals surface area contributed by atoms with Crippen LogP contribution in [0.25, 0.3) is 0 Å². The van der Waals surface area contributed by atoms with Crippen LogP contribution in [0.5, 0.6) is 0 Å². The van der Waals surface area contributed by atoms with Crippen molar-refractivity contribution in [2.24, 2.45) is 11.1 Å². The van der Waals surface area contributed by atoms with Gasteiger partial charge in [-0.1, -0.05) is 32.0 Å². The Morgan fingerprint density at radius 2 is 1.76 bits per heavy atom. The molecule has 1 aromatic carbocycles. The summed E-state index contributed by atoms with van der Waals surface area (Å²) in [6.07, 6.45) is 0.304. The first kappa shape index (κ1) is 15.0. The predicted octanol–water partition coefficient (Wildman–Crippen LogP) is 1.78. The van der Waals surface area contributed by atoms with Crippen LogP contribution in [0.4, 0.5) is 5.69 Å². The van der Waals surface area contributed by atoms with Crippen LogP contribution in [0.2, 0.25) is 0 Å². The highest BCUT2D eigenvalue weighted by molar-refractivity contribution is 6.24. The van der Waals surface area contributed by atoms with Gasteiger partial charge in [0.15, 0.2) is 5.78 Å². The van der Waals surface area contributed by atoms with Crippen molar-refractivity contribution >= 4 is 23.3 Å². The van der Waals surface area contributed by atoms with Crippen molar-refractivity contribution in [3.8, 4) is 0 Å². The van der Waals surface area contributed by atoms with E-state index in [1.54, 1.807) is 38.1 Å². The van der Waals surface area contributed by atoms with Crippen molar-refractivity contribution in [1.29, 1.82) is 0 Å². The molecule has 0 aromatic heterocycles. The number of hydrogen-bond donors (Lipinski definition) is 1. The summed E-state index contributed by atoms with van der Waals surface area (Å²) in [4.78, 5) is 37.5. The van der Waals surface area contributed by atoms with E-state index in [-0.39, 0.29) is 17.3 Å². The number of amides is 2. The minimum absolute atomic E-state index is 0.0703. The Morgan fingerprint density at radius 1 is 1.19 bits per heavy atom. The second-order valence-corrected chi connectivity index (χ2v) is 5.77. The summed E-state index contributed by atoms with van der Waals surface area (Å²) in [6.45, 7) is 4.89. The molecular formula is C16H18N2O3. The van der Waals surface area contributed by atoms with Crippen LogP contribution >= 0.6 is 0 Å². The van der Waals surface area contributed by atoms with Crippen LogP contribution in [-0.2, 0) is 14.4 Å². The third-order valence-corrected chi connectivity index (χ3v) is 3.59. The van der Waals surface area contributed by atoms with Crippen molar-refractivity contribution in [3.05, 3.63) is 41.6 Å². The molecule has 21 heavy (non-hydrogen) atoms. The van der Waals surface area contributed by atoms with E-state index in [0.29, 0.717) is 17.8 Å². The predicted molar refractivity (Wildman–Crippen MR) is 79.2 cm³/mol. The van der Waals surface area contributed by atoms with E-state index >= 15 is 0 Å². The zero-order valence-electron chi connectivity index (χ0n) is 12.3. The van der Waals surface area contributed by atoms with E-state index in [0.717, 1.165) is 0 Å². The number of hydrogen-bond acceptors (Lipinski definition) is 3. The number of nitrogens with two attached hydrogens (primary N) is 1. The van der Waals surface area contributed by atoms with E-state index in [4.69, 9.17) is 5.73 Å². The highest BCUT2D eigenvalue weighted by Crippen LogP contribution is 2.41. The van der Waals surface area contributed by atoms with Crippen LogP contribution in [0.15, 0.2) is 41.6 Å². The van der Waals surface area contributed by atoms with Gasteiger partial charge in [0.2, 0.25) is 5.91 Å². The zero-order chi connectivity index (χ0) is 15.8. The molecule has 0 saturated carbocycles. The van der Waals surface area contributed by atoms with E-state index in [2.05, 4.69) is 0 Å². The quantitative estimate of drug-likeness (QED) is 0.860. The maximum absolute atomic E-state index is 12.3. The van der Waals surface area contributed by atoms with Gasteiger partial charge in [0.05, 0.1) is 0 Å². The van der Waals surface area contributed by atoms with Crippen molar-refractivity contribution in [3.63, 3.8) is 0 Å². The molecule has 1 aliphatic rings. The second kappa shape index (κ2) is 5.16. The third-order valence-electron chi connectivity index (χ3n) is 3.59. The molecule has 0 atom stereocenters. The van der Waals surface area contributed by atoms with E-state index < -0.39 is 11.3 Å². The first-order valence-electron chi connectivity index (χ1n) is 6.69. The Labute approximate surface area is 123 Å². The number of rotatable bonds is 3. The van der Waals surface area contributed by atoms with Crippen molar-refractivity contribution < 1.29 is 14.4 Å². The molecule has 0 radical (unpaired) electrons. The third kappa shape index (κ3) is 2.59. The Balaban J connectivity index is 2.61. The van der Waals surface area contributed by atoms with Gasteiger partial charge in [0.1, 0.15) is 5.57 Å². The highest BCUT2D eigenvalue weighted by atomic mass is 16.2. The molecule has 2 N–H and O–H groups in total. The summed E-state index contributed by atoms with van der Waals surface area (Å²) in [6, 6.07) is 8.91. The smallest absolute Gasteiger partial charge is 0.254 e. The number of carbonyl (C=O) groups excluding carboxylic acids is 3. The van der Waals surface area contributed by atoms with Crippen molar-refractivity contribution in [2.45, 2.75) is 27.2 Å². The fraction of sp³-hybridized carbons (Fsp3) is 0.312. The number of para-hydroxylation sites is 1. The summed E-state index contributed by atoms with van der Waals surface area (Å²) in [5.41, 5.74) is 5.56. The topological polar surface area (TPSA) is 80.5 Å². The molecular weight excluding hydrogens is 268 g/mol. The standard InChI is InChI=1S/C16H18N2O3/c1-10(19)18(11-7-5-4-6-8-11)12-9-16(2,3)14(20)13(12)15(17)21/h4-8H,9H2,1-3H3,(H2,17,21). The number of carbonyl (C=O) groups is 3. The Kier molecular flexibility index (Phi) is 3.68. The van der Waals surface area contributed by atoms with E-state index in [1.807, 2.05) is 6.07 Å². The Morgan fingerprint density at radius 3 is 2.24 bits per heavy atom. The van der Waals surface area contributed by atoms with Gasteiger partial charge in [-0.2, -0.15) is 0 Å². The molecule has 0 unspecified atom stereocenters. The summed E-state index contributed by atoms with van der Waals surface area (Å²) < 4.78 is 0. The lowest BCUT2D eigenvalue weighted by Gasteiger charge is -2.24. The molecule has 0 bridgehead atoms. The largest absolute Gasteiger partial charge is 0.365 e. The minimum Gasteiger partial charge on any atom is -0.365 e. The molecule has 0 heterocycles. The average Bonchev–Trinajstić information content (AvgIpc) is 2.61. The number of anilines is 1. The minimum atomic E-state index is -0.789. The van der Waals surface area contributed by atoms with Crippen molar-refractivity contribution in [2.75, 3.05) is 4.90 Å². The van der Waals surface area contributed by atoms with Crippen LogP contribution < -0.4 is 10.6 Å². The van der Waals surface area contributed by atoms with Crippen molar-refractivity contribution in [1.82, 2.24) is 0 Å². The van der Waals surface area contributed by atoms with Crippen LogP contribution in [-0.4, -0.2) is 17.6 Å². The van der Waals surface area contributed by atoms with Crippen LogP contribution in [0, 0.1) is 5.41 Å². The molecule has 5 nitrogen and oxygen atoms in total. The van der Waals surface area contributed by atoms with Gasteiger partial charge < -0.3 is 5.73 Å². The Hall–Kier alpha value is -2.43. The van der Waals surface area contributed by atoms with Gasteiger partial charge in [-0.15, -0.1) is 0 Å². The summed E-state index contributed by atoms with van der Waals surface area (Å²) in [7, 11) is 0. The molecule has 2 amide bonds. The molecule has 0 saturated heterocycles. The number of Topliss-reactive ketones (excluding diaryl/α,β-unsaturated/α-hetero) is 1. The van der Waals surface area contributed by atoms with E-state index in [9.17, 15) is 14.4 Å². The first-order chi connectivity index (χ1) is 9.75. The molecule has 1 aliphatic carbocycles. The zero-order valence-corrected chi connectivity index (χ0v) is 12.3. The lowest BCUT2D eigenvalue weighted by Crippen LogP contribution is -2.30. The average molecular weight is 286 g/mol. The van der Waals surface area contributed by atoms with Gasteiger partial charge in [-0.3, -0.25) is 19.3 Å². The number of allylic oxidation sites excluding steroid dienone is 1. The molecule has 1 aromatic rings. The Bertz CT molecular complexity index is 645. The summed E-state index contributed by atoms with van der Waals surface area (Å²) >= 11 is 0. The number of benzene rings is 1. The molecule has 0 spiro atoms. The number of primary amides is 1. The monoisotopic (exact) mass is 286 g/mol. The summed E-state index contributed by atoms with van der Waals surface area (Å²) in [5, 5.41) is 0. The second-order valence-electron chi connectivity index (χ2n) is 5.77. The molecule has 5 heteroatoms. The maximum Gasteiger partial charge on any atom is 0.254 e. The van der Waals surface area contributed by atoms with Gasteiger partial charge in [-0.25, -0.2) is 0 Å². The van der Waals surface area contributed by atoms with Gasteiger partial charge in [0.25, 0.3) is 5.91 Å². The molecule has 0 fully saturated rings. The molecule has 0 aliphatic heterocycles. The van der Waals surface area contributed by atoms with Crippen LogP contribution in [0.3, 0.4) is 0 Å². The first-order valence-corrected chi connectivity index (χ1v) is 6.69. The SMILES string of the molecule is CC(=O)N(C1=C(C(N)=O)C(=O)C(C)(C)C1)c1ccccc1. The van der Waals surface area contributed by atoms with Gasteiger partial charge in [0, 0.05) is 30.1 Å². The highest BCUT2D eigenvalue weighted by Gasteiger charge is 2.44. The molecule has 2 rings (SSSR count). The lowest BCUT2D eigenvalue weighted by molar-refractivity contribution is -0.125. The van der Waals surface area contributed by atoms with Gasteiger partial charge in [-0.05, 0) is 12.1 Å². The van der Waals surface area contributed by atoms with Crippen LogP contribution in [0.1, 0.15) is 27.2 Å². The number of nitrogens with zero attached hydrogens (tertiary/aromatic N) is 1. The fourth-order valence-corrected chi connectivity index (χ4v) is 2.61. The van der Waals surface area contributed by atoms with Gasteiger partial charge >= 0.3 is 0 Å². The maximum atomic E-state index is 12.3.